The average molecular weight is 414 g/mol. The first kappa shape index (κ1) is 22.4. The molecule has 1 saturated carbocycles. The van der Waals surface area contributed by atoms with E-state index in [2.05, 4.69) is 32.9 Å². The highest BCUT2D eigenvalue weighted by Gasteiger charge is 2.30. The van der Waals surface area contributed by atoms with Crippen molar-refractivity contribution in [2.75, 3.05) is 25.1 Å². The molecule has 0 heterocycles. The van der Waals surface area contributed by atoms with Crippen LogP contribution in [0.2, 0.25) is 0 Å². The Balaban J connectivity index is 1.65. The fourth-order valence-electron chi connectivity index (χ4n) is 4.41. The summed E-state index contributed by atoms with van der Waals surface area (Å²) in [6, 6.07) is 12.2. The molecule has 1 aliphatic rings. The maximum atomic E-state index is 11.2. The van der Waals surface area contributed by atoms with Gasteiger partial charge in [-0.25, -0.2) is 0 Å². The SMILES string of the molecule is CN(CC(CO)C(=O)O)c1ccc2cc(OC3CCC(C(C)(C)C)CC3)ccc2c1. The summed E-state index contributed by atoms with van der Waals surface area (Å²) in [6.45, 7) is 6.89. The molecule has 164 valence electrons. The van der Waals surface area contributed by atoms with Crippen LogP contribution >= 0.6 is 0 Å². The van der Waals surface area contributed by atoms with Crippen LogP contribution in [0.5, 0.6) is 5.75 Å². The Labute approximate surface area is 179 Å². The second kappa shape index (κ2) is 9.25. The molecule has 0 saturated heterocycles. The topological polar surface area (TPSA) is 70.0 Å². The van der Waals surface area contributed by atoms with Gasteiger partial charge in [0.15, 0.2) is 0 Å². The number of anilines is 1. The molecule has 0 aromatic heterocycles. The van der Waals surface area contributed by atoms with Crippen LogP contribution in [-0.2, 0) is 4.79 Å². The predicted molar refractivity (Wildman–Crippen MR) is 121 cm³/mol. The van der Waals surface area contributed by atoms with Crippen molar-refractivity contribution in [2.45, 2.75) is 52.6 Å². The van der Waals surface area contributed by atoms with Crippen LogP contribution in [0.1, 0.15) is 46.5 Å². The third kappa shape index (κ3) is 5.45. The van der Waals surface area contributed by atoms with Crippen molar-refractivity contribution >= 4 is 22.4 Å². The number of carbonyl (C=O) groups is 1. The zero-order valence-corrected chi connectivity index (χ0v) is 18.6. The molecular weight excluding hydrogens is 378 g/mol. The molecule has 2 aromatic carbocycles. The van der Waals surface area contributed by atoms with Gasteiger partial charge in [0.2, 0.25) is 0 Å². The zero-order valence-electron chi connectivity index (χ0n) is 18.6. The Kier molecular flexibility index (Phi) is 6.91. The smallest absolute Gasteiger partial charge is 0.310 e. The lowest BCUT2D eigenvalue weighted by molar-refractivity contribution is -0.142. The van der Waals surface area contributed by atoms with E-state index in [9.17, 15) is 9.90 Å². The first-order valence-electron chi connectivity index (χ1n) is 10.9. The minimum absolute atomic E-state index is 0.260. The highest BCUT2D eigenvalue weighted by molar-refractivity contribution is 5.87. The van der Waals surface area contributed by atoms with Crippen molar-refractivity contribution in [1.29, 1.82) is 0 Å². The lowest BCUT2D eigenvalue weighted by Crippen LogP contribution is -2.32. The van der Waals surface area contributed by atoms with Crippen LogP contribution in [0, 0.1) is 17.3 Å². The van der Waals surface area contributed by atoms with E-state index >= 15 is 0 Å². The zero-order chi connectivity index (χ0) is 21.9. The summed E-state index contributed by atoms with van der Waals surface area (Å²) in [5.74, 6) is -0.0942. The quantitative estimate of drug-likeness (QED) is 0.672. The number of aliphatic hydroxyl groups excluding tert-OH is 1. The fraction of sp³-hybridized carbons (Fsp3) is 0.560. The molecule has 1 aliphatic carbocycles. The third-order valence-electron chi connectivity index (χ3n) is 6.50. The minimum atomic E-state index is -0.983. The molecule has 5 heteroatoms. The Morgan fingerprint density at radius 1 is 1.10 bits per heavy atom. The van der Waals surface area contributed by atoms with Crippen molar-refractivity contribution in [3.63, 3.8) is 0 Å². The van der Waals surface area contributed by atoms with Crippen molar-refractivity contribution in [1.82, 2.24) is 0 Å². The van der Waals surface area contributed by atoms with Gasteiger partial charge >= 0.3 is 5.97 Å². The summed E-state index contributed by atoms with van der Waals surface area (Å²) in [5.41, 5.74) is 1.30. The number of fused-ring (bicyclic) bond motifs is 1. The van der Waals surface area contributed by atoms with E-state index in [-0.39, 0.29) is 19.3 Å². The van der Waals surface area contributed by atoms with Gasteiger partial charge in [-0.05, 0) is 72.1 Å². The number of carboxylic acid groups (broad SMARTS) is 1. The van der Waals surface area contributed by atoms with E-state index in [1.54, 1.807) is 0 Å². The second-order valence-corrected chi connectivity index (χ2v) is 9.75. The molecular formula is C25H35NO4. The van der Waals surface area contributed by atoms with E-state index in [0.717, 1.165) is 41.0 Å². The standard InChI is InChI=1S/C25H35NO4/c1-25(2,3)20-7-11-22(12-8-20)30-23-10-6-17-13-21(9-5-18(17)14-23)26(4)15-19(16-27)24(28)29/h5-6,9-10,13-14,19-20,22,27H,7-8,11-12,15-16H2,1-4H3,(H,28,29). The summed E-state index contributed by atoms with van der Waals surface area (Å²) >= 11 is 0. The summed E-state index contributed by atoms with van der Waals surface area (Å²) in [7, 11) is 1.85. The van der Waals surface area contributed by atoms with E-state index in [0.29, 0.717) is 5.41 Å². The van der Waals surface area contributed by atoms with Gasteiger partial charge in [0, 0.05) is 19.3 Å². The summed E-state index contributed by atoms with van der Waals surface area (Å²) in [5, 5.41) is 20.6. The number of aliphatic hydroxyl groups is 1. The molecule has 30 heavy (non-hydrogen) atoms. The van der Waals surface area contributed by atoms with E-state index in [1.807, 2.05) is 36.2 Å². The summed E-state index contributed by atoms with van der Waals surface area (Å²) in [4.78, 5) is 13.0. The van der Waals surface area contributed by atoms with Gasteiger partial charge in [-0.1, -0.05) is 32.9 Å². The second-order valence-electron chi connectivity index (χ2n) is 9.75. The molecule has 0 spiro atoms. The molecule has 0 amide bonds. The number of rotatable bonds is 7. The molecule has 1 unspecified atom stereocenters. The number of benzene rings is 2. The van der Waals surface area contributed by atoms with Crippen molar-refractivity contribution in [3.8, 4) is 5.75 Å². The summed E-state index contributed by atoms with van der Waals surface area (Å²) in [6.07, 6.45) is 4.96. The van der Waals surface area contributed by atoms with Crippen LogP contribution in [0.3, 0.4) is 0 Å². The number of hydrogen-bond donors (Lipinski definition) is 2. The Bertz CT molecular complexity index is 865. The molecule has 2 aromatic rings. The van der Waals surface area contributed by atoms with Gasteiger partial charge in [-0.2, -0.15) is 0 Å². The van der Waals surface area contributed by atoms with Crippen molar-refractivity contribution in [2.24, 2.45) is 17.3 Å². The van der Waals surface area contributed by atoms with Crippen LogP contribution in [-0.4, -0.2) is 42.5 Å². The monoisotopic (exact) mass is 413 g/mol. The molecule has 0 radical (unpaired) electrons. The third-order valence-corrected chi connectivity index (χ3v) is 6.50. The lowest BCUT2D eigenvalue weighted by Gasteiger charge is -2.37. The molecule has 2 N–H and O–H groups in total. The summed E-state index contributed by atoms with van der Waals surface area (Å²) < 4.78 is 6.29. The highest BCUT2D eigenvalue weighted by atomic mass is 16.5. The van der Waals surface area contributed by atoms with Gasteiger partial charge in [0.05, 0.1) is 18.6 Å². The molecule has 1 atom stereocenters. The number of ether oxygens (including phenoxy) is 1. The average Bonchev–Trinajstić information content (AvgIpc) is 2.71. The Morgan fingerprint density at radius 2 is 1.73 bits per heavy atom. The van der Waals surface area contributed by atoms with Crippen molar-refractivity contribution < 1.29 is 19.7 Å². The van der Waals surface area contributed by atoms with Gasteiger partial charge < -0.3 is 19.8 Å². The first-order chi connectivity index (χ1) is 14.2. The molecule has 3 rings (SSSR count). The number of carboxylic acids is 1. The lowest BCUT2D eigenvalue weighted by atomic mass is 9.72. The molecule has 0 aliphatic heterocycles. The minimum Gasteiger partial charge on any atom is -0.490 e. The largest absolute Gasteiger partial charge is 0.490 e. The number of hydrogen-bond acceptors (Lipinski definition) is 4. The molecule has 0 bridgehead atoms. The van der Waals surface area contributed by atoms with Crippen LogP contribution in [0.4, 0.5) is 5.69 Å². The maximum Gasteiger partial charge on any atom is 0.310 e. The molecule has 1 fully saturated rings. The highest BCUT2D eigenvalue weighted by Crippen LogP contribution is 2.39. The van der Waals surface area contributed by atoms with Gasteiger partial charge in [0.1, 0.15) is 5.75 Å². The number of aliphatic carboxylic acids is 1. The van der Waals surface area contributed by atoms with Crippen LogP contribution < -0.4 is 9.64 Å². The van der Waals surface area contributed by atoms with Crippen molar-refractivity contribution in [3.05, 3.63) is 36.4 Å². The van der Waals surface area contributed by atoms with Crippen LogP contribution in [0.25, 0.3) is 10.8 Å². The van der Waals surface area contributed by atoms with E-state index in [4.69, 9.17) is 9.84 Å². The first-order valence-corrected chi connectivity index (χ1v) is 10.9. The van der Waals surface area contributed by atoms with Gasteiger partial charge in [-0.3, -0.25) is 4.79 Å². The Morgan fingerprint density at radius 3 is 2.33 bits per heavy atom. The molecule has 5 nitrogen and oxygen atoms in total. The normalized spacial score (nSPS) is 20.7. The number of nitrogens with zero attached hydrogens (tertiary/aromatic N) is 1. The Hall–Kier alpha value is -2.27. The predicted octanol–water partition coefficient (Wildman–Crippen LogP) is 4.95. The van der Waals surface area contributed by atoms with E-state index < -0.39 is 11.9 Å². The fourth-order valence-corrected chi connectivity index (χ4v) is 4.41. The maximum absolute atomic E-state index is 11.2. The van der Waals surface area contributed by atoms with Gasteiger partial charge in [-0.15, -0.1) is 0 Å². The van der Waals surface area contributed by atoms with Gasteiger partial charge in [0.25, 0.3) is 0 Å². The van der Waals surface area contributed by atoms with Crippen LogP contribution in [0.15, 0.2) is 36.4 Å². The van der Waals surface area contributed by atoms with E-state index in [1.165, 1.54) is 12.8 Å².